The summed E-state index contributed by atoms with van der Waals surface area (Å²) in [4.78, 5) is 12.8. The highest BCUT2D eigenvalue weighted by molar-refractivity contribution is 6.08. The average Bonchev–Trinajstić information content (AvgIpc) is 2.44. The van der Waals surface area contributed by atoms with Crippen LogP contribution in [0.25, 0.3) is 0 Å². The Morgan fingerprint density at radius 3 is 2.40 bits per heavy atom. The van der Waals surface area contributed by atoms with Crippen LogP contribution in [0.15, 0.2) is 35.9 Å². The molecule has 1 aliphatic rings. The Morgan fingerprint density at radius 1 is 1.33 bits per heavy atom. The lowest BCUT2D eigenvalue weighted by atomic mass is 10.2. The van der Waals surface area contributed by atoms with E-state index in [1.165, 1.54) is 35.2 Å². The van der Waals surface area contributed by atoms with Gasteiger partial charge in [-0.15, -0.1) is 0 Å². The van der Waals surface area contributed by atoms with Gasteiger partial charge in [-0.1, -0.05) is 0 Å². The minimum absolute atomic E-state index is 0.255. The molecule has 1 atom stereocenters. The van der Waals surface area contributed by atoms with E-state index in [0.717, 1.165) is 0 Å². The normalized spacial score (nSPS) is 20.7. The summed E-state index contributed by atoms with van der Waals surface area (Å²) < 4.78 is 12.7. The Bertz CT molecular complexity index is 425. The van der Waals surface area contributed by atoms with Crippen LogP contribution in [0.5, 0.6) is 0 Å². The Labute approximate surface area is 86.4 Å². The zero-order chi connectivity index (χ0) is 11.0. The van der Waals surface area contributed by atoms with Crippen molar-refractivity contribution in [1.29, 1.82) is 0 Å². The highest BCUT2D eigenvalue weighted by atomic mass is 19.1. The first-order chi connectivity index (χ1) is 7.09. The van der Waals surface area contributed by atoms with Crippen LogP contribution in [-0.4, -0.2) is 17.2 Å². The van der Waals surface area contributed by atoms with Crippen molar-refractivity contribution in [2.24, 2.45) is 0 Å². The highest BCUT2D eigenvalue weighted by Gasteiger charge is 2.29. The lowest BCUT2D eigenvalue weighted by Crippen LogP contribution is -2.34. The Morgan fingerprint density at radius 2 is 1.93 bits per heavy atom. The summed E-state index contributed by atoms with van der Waals surface area (Å²) in [6, 6.07) is 5.43. The molecular formula is C11H10FNO2. The van der Waals surface area contributed by atoms with E-state index in [-0.39, 0.29) is 11.7 Å². The van der Waals surface area contributed by atoms with Crippen molar-refractivity contribution in [3.05, 3.63) is 41.7 Å². The lowest BCUT2D eigenvalue weighted by Gasteiger charge is -2.20. The molecule has 0 fully saturated rings. The van der Waals surface area contributed by atoms with Crippen molar-refractivity contribution in [3.8, 4) is 0 Å². The summed E-state index contributed by atoms with van der Waals surface area (Å²) in [6.45, 7) is 1.63. The number of aliphatic hydroxyl groups excluding tert-OH is 1. The van der Waals surface area contributed by atoms with Crippen LogP contribution in [0.3, 0.4) is 0 Å². The molecule has 0 radical (unpaired) electrons. The molecule has 15 heavy (non-hydrogen) atoms. The molecule has 0 spiro atoms. The van der Waals surface area contributed by atoms with E-state index in [2.05, 4.69) is 0 Å². The van der Waals surface area contributed by atoms with Crippen LogP contribution < -0.4 is 4.90 Å². The van der Waals surface area contributed by atoms with Crippen molar-refractivity contribution in [2.45, 2.75) is 13.2 Å². The van der Waals surface area contributed by atoms with Gasteiger partial charge >= 0.3 is 0 Å². The Balaban J connectivity index is 2.33. The van der Waals surface area contributed by atoms with Gasteiger partial charge in [-0.25, -0.2) is 4.39 Å². The molecule has 1 aliphatic heterocycles. The number of aliphatic hydroxyl groups is 1. The number of amides is 1. The third-order valence-electron chi connectivity index (χ3n) is 2.32. The van der Waals surface area contributed by atoms with Crippen molar-refractivity contribution >= 4 is 11.6 Å². The minimum Gasteiger partial charge on any atom is -0.369 e. The number of rotatable bonds is 1. The molecule has 0 aliphatic carbocycles. The number of carbonyl (C=O) groups is 1. The maximum atomic E-state index is 12.7. The van der Waals surface area contributed by atoms with E-state index in [4.69, 9.17) is 0 Å². The summed E-state index contributed by atoms with van der Waals surface area (Å²) in [7, 11) is 0. The maximum Gasteiger partial charge on any atom is 0.256 e. The molecule has 0 bridgehead atoms. The predicted octanol–water partition coefficient (Wildman–Crippen LogP) is 1.44. The molecule has 78 valence electrons. The molecule has 1 aromatic carbocycles. The molecule has 1 aromatic rings. The van der Waals surface area contributed by atoms with E-state index in [1.54, 1.807) is 6.92 Å². The molecule has 0 aromatic heterocycles. The van der Waals surface area contributed by atoms with Gasteiger partial charge in [0, 0.05) is 11.3 Å². The highest BCUT2D eigenvalue weighted by Crippen LogP contribution is 2.24. The maximum absolute atomic E-state index is 12.7. The van der Waals surface area contributed by atoms with Crippen LogP contribution in [0.4, 0.5) is 10.1 Å². The SMILES string of the molecule is CC1=CC(O)N(c2ccc(F)cc2)C1=O. The molecule has 3 nitrogen and oxygen atoms in total. The van der Waals surface area contributed by atoms with Crippen molar-refractivity contribution in [2.75, 3.05) is 4.90 Å². The van der Waals surface area contributed by atoms with E-state index >= 15 is 0 Å². The van der Waals surface area contributed by atoms with Gasteiger partial charge in [-0.2, -0.15) is 0 Å². The van der Waals surface area contributed by atoms with Crippen LogP contribution >= 0.6 is 0 Å². The fraction of sp³-hybridized carbons (Fsp3) is 0.182. The van der Waals surface area contributed by atoms with Crippen molar-refractivity contribution in [1.82, 2.24) is 0 Å². The second kappa shape index (κ2) is 3.47. The van der Waals surface area contributed by atoms with E-state index in [0.29, 0.717) is 11.3 Å². The minimum atomic E-state index is -0.956. The third-order valence-corrected chi connectivity index (χ3v) is 2.32. The number of nitrogens with zero attached hydrogens (tertiary/aromatic N) is 1. The molecular weight excluding hydrogens is 197 g/mol. The van der Waals surface area contributed by atoms with E-state index in [9.17, 15) is 14.3 Å². The summed E-state index contributed by atoms with van der Waals surface area (Å²) >= 11 is 0. The van der Waals surface area contributed by atoms with Crippen LogP contribution in [0.2, 0.25) is 0 Å². The first kappa shape index (κ1) is 9.86. The quantitative estimate of drug-likeness (QED) is 0.756. The lowest BCUT2D eigenvalue weighted by molar-refractivity contribution is -0.115. The molecule has 2 rings (SSSR count). The van der Waals surface area contributed by atoms with Crippen molar-refractivity contribution < 1.29 is 14.3 Å². The second-order valence-electron chi connectivity index (χ2n) is 3.41. The molecule has 0 saturated carbocycles. The van der Waals surface area contributed by atoms with Gasteiger partial charge in [0.1, 0.15) is 5.82 Å². The first-order valence-electron chi connectivity index (χ1n) is 4.55. The topological polar surface area (TPSA) is 40.5 Å². The monoisotopic (exact) mass is 207 g/mol. The number of benzene rings is 1. The van der Waals surface area contributed by atoms with Crippen LogP contribution in [0, 0.1) is 5.82 Å². The molecule has 0 saturated heterocycles. The predicted molar refractivity (Wildman–Crippen MR) is 53.6 cm³/mol. The summed E-state index contributed by atoms with van der Waals surface area (Å²) in [5.74, 6) is -0.626. The smallest absolute Gasteiger partial charge is 0.256 e. The fourth-order valence-electron chi connectivity index (χ4n) is 1.55. The van der Waals surface area contributed by atoms with Crippen LogP contribution in [0.1, 0.15) is 6.92 Å². The van der Waals surface area contributed by atoms with Gasteiger partial charge < -0.3 is 5.11 Å². The number of carbonyl (C=O) groups excluding carboxylic acids is 1. The molecule has 1 N–H and O–H groups in total. The van der Waals surface area contributed by atoms with Gasteiger partial charge in [0.15, 0.2) is 6.23 Å². The zero-order valence-electron chi connectivity index (χ0n) is 8.14. The molecule has 1 heterocycles. The number of hydrogen-bond donors (Lipinski definition) is 1. The van der Waals surface area contributed by atoms with Gasteiger partial charge in [-0.05, 0) is 37.3 Å². The van der Waals surface area contributed by atoms with Crippen LogP contribution in [-0.2, 0) is 4.79 Å². The van der Waals surface area contributed by atoms with E-state index < -0.39 is 6.23 Å². The zero-order valence-corrected chi connectivity index (χ0v) is 8.14. The van der Waals surface area contributed by atoms with E-state index in [1.807, 2.05) is 0 Å². The fourth-order valence-corrected chi connectivity index (χ4v) is 1.55. The molecule has 4 heteroatoms. The number of halogens is 1. The van der Waals surface area contributed by atoms with Gasteiger partial charge in [0.25, 0.3) is 5.91 Å². The summed E-state index contributed by atoms with van der Waals surface area (Å²) in [5.41, 5.74) is 0.980. The van der Waals surface area contributed by atoms with Gasteiger partial charge in [0.05, 0.1) is 0 Å². The second-order valence-corrected chi connectivity index (χ2v) is 3.41. The van der Waals surface area contributed by atoms with Gasteiger partial charge in [-0.3, -0.25) is 9.69 Å². The average molecular weight is 207 g/mol. The number of anilines is 1. The standard InChI is InChI=1S/C11H10FNO2/c1-7-6-10(14)13(11(7)15)9-4-2-8(12)3-5-9/h2-6,10,14H,1H3. The van der Waals surface area contributed by atoms with Crippen molar-refractivity contribution in [3.63, 3.8) is 0 Å². The number of hydrogen-bond acceptors (Lipinski definition) is 2. The Hall–Kier alpha value is -1.68. The molecule has 1 amide bonds. The summed E-state index contributed by atoms with van der Waals surface area (Å²) in [5, 5.41) is 9.59. The van der Waals surface area contributed by atoms with Gasteiger partial charge in [0.2, 0.25) is 0 Å². The Kier molecular flexibility index (Phi) is 2.28. The first-order valence-corrected chi connectivity index (χ1v) is 4.55. The summed E-state index contributed by atoms with van der Waals surface area (Å²) in [6.07, 6.45) is 0.508. The largest absolute Gasteiger partial charge is 0.369 e. The third kappa shape index (κ3) is 1.64. The molecule has 1 unspecified atom stereocenters.